The van der Waals surface area contributed by atoms with Gasteiger partial charge in [0.1, 0.15) is 12.4 Å². The summed E-state index contributed by atoms with van der Waals surface area (Å²) in [5.41, 5.74) is 3.19. The molecule has 142 valence electrons. The van der Waals surface area contributed by atoms with Crippen molar-refractivity contribution in [2.24, 2.45) is 0 Å². The summed E-state index contributed by atoms with van der Waals surface area (Å²) in [6.07, 6.45) is 0.753. The molecule has 0 amide bonds. The summed E-state index contributed by atoms with van der Waals surface area (Å²) in [4.78, 5) is 0. The molecule has 0 aromatic heterocycles. The van der Waals surface area contributed by atoms with Gasteiger partial charge in [-0.15, -0.1) is 0 Å². The molecule has 2 rings (SSSR count). The maximum atomic E-state index is 11.0. The van der Waals surface area contributed by atoms with Crippen molar-refractivity contribution in [1.82, 2.24) is 5.32 Å². The molecule has 2 aromatic carbocycles. The molecule has 7 heteroatoms. The van der Waals surface area contributed by atoms with E-state index in [-0.39, 0.29) is 12.6 Å². The van der Waals surface area contributed by atoms with Crippen LogP contribution in [0.25, 0.3) is 0 Å². The van der Waals surface area contributed by atoms with E-state index < -0.39 is 11.3 Å². The molecule has 2 atom stereocenters. The molecule has 0 radical (unpaired) electrons. The van der Waals surface area contributed by atoms with E-state index >= 15 is 0 Å². The second-order valence-electron chi connectivity index (χ2n) is 6.17. The van der Waals surface area contributed by atoms with Gasteiger partial charge in [0.25, 0.3) is 11.3 Å². The van der Waals surface area contributed by atoms with E-state index in [1.807, 2.05) is 37.3 Å². The van der Waals surface area contributed by atoms with Crippen molar-refractivity contribution >= 4 is 17.0 Å². The molecule has 0 fully saturated rings. The molecule has 26 heavy (non-hydrogen) atoms. The number of anilines is 1. The van der Waals surface area contributed by atoms with Crippen molar-refractivity contribution in [1.29, 1.82) is 0 Å². The second kappa shape index (κ2) is 10.3. The van der Waals surface area contributed by atoms with Gasteiger partial charge in [0.15, 0.2) is 0 Å². The average Bonchev–Trinajstić information content (AvgIpc) is 2.60. The van der Waals surface area contributed by atoms with E-state index in [1.165, 1.54) is 0 Å². The Morgan fingerprint density at radius 3 is 2.69 bits per heavy atom. The lowest BCUT2D eigenvalue weighted by Gasteiger charge is -2.16. The van der Waals surface area contributed by atoms with Crippen LogP contribution in [0.2, 0.25) is 0 Å². The monoisotopic (exact) mass is 378 g/mol. The number of para-hydroxylation sites is 1. The quantitative estimate of drug-likeness (QED) is 0.377. The zero-order chi connectivity index (χ0) is 18.9. The molecule has 0 aliphatic heterocycles. The number of rotatable bonds is 10. The topological polar surface area (TPSA) is 90.8 Å². The Balaban J connectivity index is 1.82. The number of aliphatic hydroxyl groups is 1. The maximum Gasteiger partial charge on any atom is 0.259 e. The Kier molecular flexibility index (Phi) is 8.06. The molecule has 0 heterocycles. The van der Waals surface area contributed by atoms with Gasteiger partial charge in [-0.05, 0) is 43.5 Å². The highest BCUT2D eigenvalue weighted by molar-refractivity contribution is 7.80. The predicted octanol–water partition coefficient (Wildman–Crippen LogP) is 2.64. The molecule has 0 aliphatic rings. The smallest absolute Gasteiger partial charge is 0.259 e. The summed E-state index contributed by atoms with van der Waals surface area (Å²) in [5.74, 6) is 0.897. The Hall–Kier alpha value is -1.93. The van der Waals surface area contributed by atoms with Crippen LogP contribution in [-0.4, -0.2) is 33.1 Å². The van der Waals surface area contributed by atoms with Gasteiger partial charge in [0.05, 0.1) is 12.3 Å². The lowest BCUT2D eigenvalue weighted by atomic mass is 10.0. The third kappa shape index (κ3) is 6.42. The zero-order valence-corrected chi connectivity index (χ0v) is 15.9. The lowest BCUT2D eigenvalue weighted by Crippen LogP contribution is -2.31. The summed E-state index contributed by atoms with van der Waals surface area (Å²) in [6, 6.07) is 13.6. The molecule has 0 bridgehead atoms. The minimum absolute atomic E-state index is 0.191. The van der Waals surface area contributed by atoms with Gasteiger partial charge >= 0.3 is 0 Å². The van der Waals surface area contributed by atoms with E-state index in [1.54, 1.807) is 12.1 Å². The molecule has 0 spiro atoms. The van der Waals surface area contributed by atoms with Gasteiger partial charge in [-0.2, -0.15) is 0 Å². The number of ether oxygens (including phenoxy) is 1. The second-order valence-corrected chi connectivity index (χ2v) is 6.88. The molecule has 6 nitrogen and oxygen atoms in total. The number of nitrogens with one attached hydrogen (secondary N) is 2. The third-order valence-corrected chi connectivity index (χ3v) is 4.42. The maximum absolute atomic E-state index is 11.0. The summed E-state index contributed by atoms with van der Waals surface area (Å²) in [6.45, 7) is 5.20. The highest BCUT2D eigenvalue weighted by atomic mass is 32.2. The van der Waals surface area contributed by atoms with Crippen molar-refractivity contribution in [3.05, 3.63) is 59.2 Å². The molecule has 4 N–H and O–H groups in total. The number of hydrogen-bond donors (Lipinski definition) is 4. The Bertz CT molecular complexity index is 739. The van der Waals surface area contributed by atoms with Crippen molar-refractivity contribution in [2.75, 3.05) is 17.9 Å². The van der Waals surface area contributed by atoms with E-state index in [4.69, 9.17) is 9.29 Å². The molecule has 0 saturated heterocycles. The van der Waals surface area contributed by atoms with Crippen LogP contribution in [-0.2, 0) is 24.3 Å². The molecular weight excluding hydrogens is 352 g/mol. The largest absolute Gasteiger partial charge is 0.492 e. The van der Waals surface area contributed by atoms with Crippen molar-refractivity contribution < 1.29 is 18.6 Å². The summed E-state index contributed by atoms with van der Waals surface area (Å²) < 4.78 is 28.2. The van der Waals surface area contributed by atoms with Gasteiger partial charge in [-0.25, -0.2) is 4.21 Å². The Morgan fingerprint density at radius 2 is 2.00 bits per heavy atom. The number of aryl methyl sites for hydroxylation is 1. The summed E-state index contributed by atoms with van der Waals surface area (Å²) >= 11 is -2.17. The van der Waals surface area contributed by atoms with Crippen LogP contribution in [0.5, 0.6) is 5.75 Å². The van der Waals surface area contributed by atoms with Crippen LogP contribution in [0.1, 0.15) is 23.6 Å². The Labute approximate surface area is 157 Å². The molecule has 0 aliphatic carbocycles. The van der Waals surface area contributed by atoms with Crippen molar-refractivity contribution in [2.45, 2.75) is 32.9 Å². The minimum atomic E-state index is -2.17. The first kappa shape index (κ1) is 20.4. The molecular formula is C19H26N2O4S. The van der Waals surface area contributed by atoms with E-state index in [0.717, 1.165) is 29.8 Å². The zero-order valence-electron chi connectivity index (χ0n) is 15.1. The summed E-state index contributed by atoms with van der Waals surface area (Å²) in [5, 5.41) is 12.7. The van der Waals surface area contributed by atoms with Crippen LogP contribution in [0.3, 0.4) is 0 Å². The number of hydrogen-bond acceptors (Lipinski definition) is 4. The van der Waals surface area contributed by atoms with Gasteiger partial charge in [-0.1, -0.05) is 30.3 Å². The first-order valence-electron chi connectivity index (χ1n) is 8.51. The first-order chi connectivity index (χ1) is 12.5. The predicted molar refractivity (Wildman–Crippen MR) is 105 cm³/mol. The normalized spacial score (nSPS) is 13.2. The van der Waals surface area contributed by atoms with E-state index in [9.17, 15) is 9.32 Å². The standard InChI is InChI=1S/C19H26N2O4S/c1-14-5-3-4-6-19(14)25-10-9-20-15(2)11-16-7-8-17(13-22)18(12-16)21-26(23)24/h3-8,12,15,20-22H,9-11,13H2,1-2H3,(H,23,24)/t15-/m1/s1. The van der Waals surface area contributed by atoms with Crippen LogP contribution in [0.15, 0.2) is 42.5 Å². The van der Waals surface area contributed by atoms with Crippen LogP contribution < -0.4 is 14.8 Å². The van der Waals surface area contributed by atoms with Crippen LogP contribution in [0.4, 0.5) is 5.69 Å². The molecule has 1 unspecified atom stereocenters. The SMILES string of the molecule is Cc1ccccc1OCCN[C@H](C)Cc1ccc(CO)c(NS(=O)O)c1. The third-order valence-electron chi connectivity index (χ3n) is 4.03. The molecule has 2 aromatic rings. The fourth-order valence-electron chi connectivity index (χ4n) is 2.69. The summed E-state index contributed by atoms with van der Waals surface area (Å²) in [7, 11) is 0. The number of aliphatic hydroxyl groups excluding tert-OH is 1. The van der Waals surface area contributed by atoms with Crippen LogP contribution in [0, 0.1) is 6.92 Å². The Morgan fingerprint density at radius 1 is 1.23 bits per heavy atom. The van der Waals surface area contributed by atoms with Crippen molar-refractivity contribution in [3.63, 3.8) is 0 Å². The van der Waals surface area contributed by atoms with Gasteiger partial charge in [0, 0.05) is 18.2 Å². The fraction of sp³-hybridized carbons (Fsp3) is 0.368. The fourth-order valence-corrected chi connectivity index (χ4v) is 3.07. The number of benzene rings is 2. The van der Waals surface area contributed by atoms with Gasteiger partial charge in [0.2, 0.25) is 0 Å². The molecule has 0 saturated carbocycles. The first-order valence-corrected chi connectivity index (χ1v) is 9.62. The average molecular weight is 378 g/mol. The lowest BCUT2D eigenvalue weighted by molar-refractivity contribution is 0.282. The van der Waals surface area contributed by atoms with Gasteiger partial charge < -0.3 is 15.2 Å². The highest BCUT2D eigenvalue weighted by Crippen LogP contribution is 2.19. The highest BCUT2D eigenvalue weighted by Gasteiger charge is 2.08. The minimum Gasteiger partial charge on any atom is -0.492 e. The van der Waals surface area contributed by atoms with Gasteiger partial charge in [-0.3, -0.25) is 9.27 Å². The van der Waals surface area contributed by atoms with E-state index in [0.29, 0.717) is 17.9 Å². The van der Waals surface area contributed by atoms with Crippen LogP contribution >= 0.6 is 0 Å². The van der Waals surface area contributed by atoms with E-state index in [2.05, 4.69) is 17.0 Å². The van der Waals surface area contributed by atoms with Crippen molar-refractivity contribution in [3.8, 4) is 5.75 Å².